The number of nitrogens with one attached hydrogen (secondary N) is 1. The Kier molecular flexibility index (Phi) is 3.86. The molecule has 22 heavy (non-hydrogen) atoms. The number of imidazole rings is 1. The highest BCUT2D eigenvalue weighted by Gasteiger charge is 2.19. The normalized spacial score (nSPS) is 10.9. The molecule has 5 heteroatoms. The van der Waals surface area contributed by atoms with E-state index in [1.54, 1.807) is 24.3 Å². The van der Waals surface area contributed by atoms with Gasteiger partial charge in [0.05, 0.1) is 5.69 Å². The van der Waals surface area contributed by atoms with Gasteiger partial charge in [0, 0.05) is 16.9 Å². The highest BCUT2D eigenvalue weighted by atomic mass is 35.5. The van der Waals surface area contributed by atoms with Crippen molar-refractivity contribution in [3.8, 4) is 0 Å². The summed E-state index contributed by atoms with van der Waals surface area (Å²) in [6, 6.07) is 11.0. The fraction of sp³-hybridized carbons (Fsp3) is 0.176. The van der Waals surface area contributed by atoms with Gasteiger partial charge in [0.25, 0.3) is 5.91 Å². The van der Waals surface area contributed by atoms with Gasteiger partial charge < -0.3 is 5.32 Å². The van der Waals surface area contributed by atoms with Crippen LogP contribution in [-0.4, -0.2) is 15.3 Å². The van der Waals surface area contributed by atoms with E-state index in [-0.39, 0.29) is 5.91 Å². The SMILES string of the molecule is CCc1nc2c(C)cccn2c1C(=O)Nc1ccc(Cl)cc1. The first-order chi connectivity index (χ1) is 10.6. The predicted molar refractivity (Wildman–Crippen MR) is 88.7 cm³/mol. The van der Waals surface area contributed by atoms with Gasteiger partial charge in [-0.15, -0.1) is 0 Å². The van der Waals surface area contributed by atoms with Crippen molar-refractivity contribution < 1.29 is 4.79 Å². The summed E-state index contributed by atoms with van der Waals surface area (Å²) in [6.45, 7) is 3.98. The van der Waals surface area contributed by atoms with Gasteiger partial charge in [-0.2, -0.15) is 0 Å². The highest BCUT2D eigenvalue weighted by Crippen LogP contribution is 2.19. The van der Waals surface area contributed by atoms with Gasteiger partial charge in [0.1, 0.15) is 11.3 Å². The van der Waals surface area contributed by atoms with Crippen LogP contribution < -0.4 is 5.32 Å². The topological polar surface area (TPSA) is 46.4 Å². The van der Waals surface area contributed by atoms with Crippen molar-refractivity contribution in [1.29, 1.82) is 0 Å². The maximum atomic E-state index is 12.7. The molecule has 0 unspecified atom stereocenters. The summed E-state index contributed by atoms with van der Waals surface area (Å²) in [7, 11) is 0. The summed E-state index contributed by atoms with van der Waals surface area (Å²) in [5, 5.41) is 3.54. The number of nitrogens with zero attached hydrogens (tertiary/aromatic N) is 2. The lowest BCUT2D eigenvalue weighted by Crippen LogP contribution is -2.16. The number of halogens is 1. The average molecular weight is 314 g/mol. The zero-order chi connectivity index (χ0) is 15.7. The second-order valence-corrected chi connectivity index (χ2v) is 5.54. The molecule has 0 atom stereocenters. The Balaban J connectivity index is 2.03. The molecule has 2 heterocycles. The molecule has 0 saturated heterocycles. The van der Waals surface area contributed by atoms with Crippen LogP contribution in [0.4, 0.5) is 5.69 Å². The molecule has 0 bridgehead atoms. The number of amides is 1. The molecular formula is C17H16ClN3O. The second kappa shape index (κ2) is 5.81. The van der Waals surface area contributed by atoms with Gasteiger partial charge in [0.15, 0.2) is 0 Å². The lowest BCUT2D eigenvalue weighted by atomic mass is 10.2. The maximum Gasteiger partial charge on any atom is 0.274 e. The third-order valence-electron chi connectivity index (χ3n) is 3.57. The highest BCUT2D eigenvalue weighted by molar-refractivity contribution is 6.30. The molecule has 0 saturated carbocycles. The largest absolute Gasteiger partial charge is 0.321 e. The van der Waals surface area contributed by atoms with Crippen LogP contribution in [-0.2, 0) is 6.42 Å². The van der Waals surface area contributed by atoms with Crippen LogP contribution in [0, 0.1) is 6.92 Å². The third-order valence-corrected chi connectivity index (χ3v) is 3.82. The quantitative estimate of drug-likeness (QED) is 0.791. The standard InChI is InChI=1S/C17H16ClN3O/c1-3-14-15(21-10-4-5-11(2)16(21)20-14)17(22)19-13-8-6-12(18)7-9-13/h4-10H,3H2,1-2H3,(H,19,22). The average Bonchev–Trinajstić information content (AvgIpc) is 2.89. The van der Waals surface area contributed by atoms with Crippen molar-refractivity contribution in [3.63, 3.8) is 0 Å². The van der Waals surface area contributed by atoms with E-state index in [1.165, 1.54) is 0 Å². The van der Waals surface area contributed by atoms with Crippen molar-refractivity contribution in [2.75, 3.05) is 5.32 Å². The number of carbonyl (C=O) groups excluding carboxylic acids is 1. The molecule has 0 aliphatic rings. The van der Waals surface area contributed by atoms with Crippen molar-refractivity contribution in [2.24, 2.45) is 0 Å². The molecule has 1 N–H and O–H groups in total. The van der Waals surface area contributed by atoms with Crippen molar-refractivity contribution in [1.82, 2.24) is 9.38 Å². The fourth-order valence-electron chi connectivity index (χ4n) is 2.46. The van der Waals surface area contributed by atoms with Gasteiger partial charge in [-0.3, -0.25) is 9.20 Å². The molecule has 1 aromatic carbocycles. The third kappa shape index (κ3) is 2.57. The Hall–Kier alpha value is -2.33. The molecule has 1 amide bonds. The predicted octanol–water partition coefficient (Wildman–Crippen LogP) is 4.11. The fourth-order valence-corrected chi connectivity index (χ4v) is 2.59. The Labute approximate surface area is 133 Å². The van der Waals surface area contributed by atoms with E-state index in [2.05, 4.69) is 10.3 Å². The molecule has 0 aliphatic heterocycles. The van der Waals surface area contributed by atoms with Gasteiger partial charge in [0.2, 0.25) is 0 Å². The Morgan fingerprint density at radius 1 is 1.27 bits per heavy atom. The molecule has 112 valence electrons. The second-order valence-electron chi connectivity index (χ2n) is 5.11. The number of aromatic nitrogens is 2. The minimum atomic E-state index is -0.169. The summed E-state index contributed by atoms with van der Waals surface area (Å²) in [6.07, 6.45) is 2.57. The van der Waals surface area contributed by atoms with Gasteiger partial charge in [-0.1, -0.05) is 24.6 Å². The number of anilines is 1. The van der Waals surface area contributed by atoms with E-state index in [1.807, 2.05) is 36.6 Å². The summed E-state index contributed by atoms with van der Waals surface area (Å²) >= 11 is 5.86. The van der Waals surface area contributed by atoms with Crippen LogP contribution in [0.2, 0.25) is 5.02 Å². The number of rotatable bonds is 3. The van der Waals surface area contributed by atoms with E-state index in [0.29, 0.717) is 22.8 Å². The van der Waals surface area contributed by atoms with E-state index in [4.69, 9.17) is 11.6 Å². The lowest BCUT2D eigenvalue weighted by Gasteiger charge is -2.07. The van der Waals surface area contributed by atoms with Gasteiger partial charge >= 0.3 is 0 Å². The van der Waals surface area contributed by atoms with E-state index >= 15 is 0 Å². The summed E-state index contributed by atoms with van der Waals surface area (Å²) in [5.41, 5.74) is 3.94. The van der Waals surface area contributed by atoms with Crippen LogP contribution in [0.15, 0.2) is 42.6 Å². The molecule has 3 aromatic rings. The molecule has 3 rings (SSSR count). The monoisotopic (exact) mass is 313 g/mol. The van der Waals surface area contributed by atoms with Crippen LogP contribution >= 0.6 is 11.6 Å². The van der Waals surface area contributed by atoms with E-state index < -0.39 is 0 Å². The first-order valence-corrected chi connectivity index (χ1v) is 7.51. The maximum absolute atomic E-state index is 12.7. The number of pyridine rings is 1. The molecule has 0 aliphatic carbocycles. The summed E-state index contributed by atoms with van der Waals surface area (Å²) in [4.78, 5) is 17.2. The molecule has 0 radical (unpaired) electrons. The molecule has 0 spiro atoms. The minimum Gasteiger partial charge on any atom is -0.321 e. The van der Waals surface area contributed by atoms with Crippen molar-refractivity contribution in [2.45, 2.75) is 20.3 Å². The van der Waals surface area contributed by atoms with Crippen molar-refractivity contribution in [3.05, 3.63) is 64.6 Å². The summed E-state index contributed by atoms with van der Waals surface area (Å²) < 4.78 is 1.85. The van der Waals surface area contributed by atoms with Crippen LogP contribution in [0.3, 0.4) is 0 Å². The number of carbonyl (C=O) groups is 1. The van der Waals surface area contributed by atoms with Crippen LogP contribution in [0.25, 0.3) is 5.65 Å². The Morgan fingerprint density at radius 3 is 2.68 bits per heavy atom. The number of hydrogen-bond acceptors (Lipinski definition) is 2. The smallest absolute Gasteiger partial charge is 0.274 e. The molecule has 0 fully saturated rings. The number of benzene rings is 1. The van der Waals surface area contributed by atoms with Crippen LogP contribution in [0.5, 0.6) is 0 Å². The molecular weight excluding hydrogens is 298 g/mol. The van der Waals surface area contributed by atoms with Crippen molar-refractivity contribution >= 4 is 28.8 Å². The molecule has 4 nitrogen and oxygen atoms in total. The van der Waals surface area contributed by atoms with Gasteiger partial charge in [-0.25, -0.2) is 4.98 Å². The number of aryl methyl sites for hydroxylation is 2. The lowest BCUT2D eigenvalue weighted by molar-refractivity contribution is 0.102. The number of fused-ring (bicyclic) bond motifs is 1. The van der Waals surface area contributed by atoms with E-state index in [0.717, 1.165) is 16.9 Å². The summed E-state index contributed by atoms with van der Waals surface area (Å²) in [5.74, 6) is -0.169. The van der Waals surface area contributed by atoms with Gasteiger partial charge in [-0.05, 0) is 49.2 Å². The Bertz CT molecular complexity index is 837. The first-order valence-electron chi connectivity index (χ1n) is 7.13. The minimum absolute atomic E-state index is 0.169. The zero-order valence-electron chi connectivity index (χ0n) is 12.4. The first kappa shape index (κ1) is 14.6. The molecule has 2 aromatic heterocycles. The Morgan fingerprint density at radius 2 is 2.00 bits per heavy atom. The van der Waals surface area contributed by atoms with E-state index in [9.17, 15) is 4.79 Å². The number of hydrogen-bond donors (Lipinski definition) is 1. The van der Waals surface area contributed by atoms with Crippen LogP contribution in [0.1, 0.15) is 28.7 Å². The zero-order valence-corrected chi connectivity index (χ0v) is 13.2.